The van der Waals surface area contributed by atoms with Crippen LogP contribution >= 0.6 is 0 Å². The number of hydrogen-bond acceptors (Lipinski definition) is 15. The number of fused-ring (bicyclic) bond motifs is 5. The van der Waals surface area contributed by atoms with E-state index >= 15 is 0 Å². The molecule has 2 aliphatic carbocycles. The van der Waals surface area contributed by atoms with Gasteiger partial charge < -0.3 is 135 Å². The van der Waals surface area contributed by atoms with E-state index in [1.165, 1.54) is 60.7 Å². The molecule has 2 saturated carbocycles. The Morgan fingerprint density at radius 3 is 0.918 bits per heavy atom. The molecule has 778 valence electrons. The number of halogens is 10. The summed E-state index contributed by atoms with van der Waals surface area (Å²) in [5.41, 5.74) is 19.7. The summed E-state index contributed by atoms with van der Waals surface area (Å²) in [5, 5.41) is 11.2. The number of nitrogens with two attached hydrogens (primary N) is 5. The minimum Gasteiger partial charge on any atom is -1.00 e. The standard InChI is InChI=1S/C24H26FN3O2.C23H24FN3O2.2C22H24FN3O2.C21H22FN3O2.5ClH/c1-23(2)14-26-10-11-28(23)22(29)20-13-19-21(30-20)17(24(3)8-9-24)12-18(27-19)15-4-6-16(25)7-5-15;1-14-13-27(10-9-25-14)22(28)20-12-19-21(29-20)17(23(2)7-8-23)11-18(26-19)15-3-5-16(24)6-4-15;1-13(2)17-10-18(15-4-6-16(23)7-5-15)25-19-11-20(28-21(17)19)22(27)26-9-8-24-14(3)12-26;1-13(2)17-10-18(15-4-6-16(23)7-5-15)25-19-11-20(28-21(17)19)22(27)26-9-8-24-12-14(26)3;1-13(2)16-11-17(14-3-5-15(22)6-4-14)24-18-12-19(27-20(16)18)21(26)25-9-7-23-8-10-25;;;;;/h4-7,12-13,26H,8-11,14H2,1-3H3;3-6,11-12,14,25H,7-10,13H2,1-2H3;2*4-7,10-11,13-14,24H,8-9,12H2,1-3H3;3-6,11-13,23H,7-10H2,1-2H3;5*1H/t;3*14-;;;;;;/m.001....../s1. The van der Waals surface area contributed by atoms with E-state index in [-0.39, 0.29) is 161 Å². The van der Waals surface area contributed by atoms with Crippen LogP contribution in [0.5, 0.6) is 0 Å². The highest BCUT2D eigenvalue weighted by Gasteiger charge is 2.45. The van der Waals surface area contributed by atoms with Crippen LogP contribution in [0.25, 0.3) is 112 Å². The summed E-state index contributed by atoms with van der Waals surface area (Å²) >= 11 is 0. The van der Waals surface area contributed by atoms with Crippen molar-refractivity contribution in [2.45, 2.75) is 168 Å². The van der Waals surface area contributed by atoms with Gasteiger partial charge in [-0.05, 0) is 241 Å². The Morgan fingerprint density at radius 2 is 0.612 bits per heavy atom. The molecule has 25 nitrogen and oxygen atoms in total. The molecule has 5 aliphatic heterocycles. The third-order valence-electron chi connectivity index (χ3n) is 28.5. The van der Waals surface area contributed by atoms with Crippen LogP contribution in [0.1, 0.15) is 214 Å². The summed E-state index contributed by atoms with van der Waals surface area (Å²) in [5.74, 6) is 0.486. The zero-order valence-corrected chi connectivity index (χ0v) is 88.4. The first kappa shape index (κ1) is 112. The third kappa shape index (κ3) is 25.0. The second-order valence-corrected chi connectivity index (χ2v) is 41.0. The molecule has 5 saturated heterocycles. The van der Waals surface area contributed by atoms with Crippen LogP contribution in [0.4, 0.5) is 22.0 Å². The van der Waals surface area contributed by atoms with E-state index in [1.807, 2.05) is 54.8 Å². The Labute approximate surface area is 882 Å². The molecule has 3 atom stereocenters. The van der Waals surface area contributed by atoms with Gasteiger partial charge in [0.2, 0.25) is 0 Å². The number of aromatic nitrogens is 5. The van der Waals surface area contributed by atoms with Gasteiger partial charge in [-0.3, -0.25) is 24.0 Å². The van der Waals surface area contributed by atoms with Crippen molar-refractivity contribution in [3.8, 4) is 56.3 Å². The topological polar surface area (TPSA) is 315 Å². The number of carbonyl (C=O) groups is 5. The summed E-state index contributed by atoms with van der Waals surface area (Å²) < 4.78 is 96.8. The molecule has 147 heavy (non-hydrogen) atoms. The predicted molar refractivity (Wildman–Crippen MR) is 533 cm³/mol. The maximum Gasteiger partial charge on any atom is 0.290 e. The quantitative estimate of drug-likeness (QED) is 0.0883. The highest BCUT2D eigenvalue weighted by molar-refractivity contribution is 6.01. The fourth-order valence-electron chi connectivity index (χ4n) is 19.5. The first-order chi connectivity index (χ1) is 68.1. The Hall–Kier alpha value is -12.2. The lowest BCUT2D eigenvalue weighted by molar-refractivity contribution is -0.693. The van der Waals surface area contributed by atoms with Crippen molar-refractivity contribution in [1.29, 1.82) is 0 Å². The maximum absolute atomic E-state index is 13.4. The second kappa shape index (κ2) is 47.1. The minimum atomic E-state index is -0.280. The lowest BCUT2D eigenvalue weighted by Crippen LogP contribution is -3.00. The van der Waals surface area contributed by atoms with Crippen LogP contribution < -0.4 is 88.6 Å². The van der Waals surface area contributed by atoms with Gasteiger partial charge in [0.25, 0.3) is 29.5 Å². The fourth-order valence-corrected chi connectivity index (χ4v) is 19.5. The molecule has 15 heterocycles. The van der Waals surface area contributed by atoms with Gasteiger partial charge in [-0.2, -0.15) is 0 Å². The normalized spacial score (nSPS) is 17.5. The van der Waals surface area contributed by atoms with E-state index in [0.29, 0.717) is 129 Å². The summed E-state index contributed by atoms with van der Waals surface area (Å²) in [7, 11) is 0. The van der Waals surface area contributed by atoms with Crippen molar-refractivity contribution in [3.05, 3.63) is 268 Å². The molecule has 22 rings (SSSR count). The first-order valence-electron chi connectivity index (χ1n) is 49.7. The van der Waals surface area contributed by atoms with Crippen molar-refractivity contribution >= 4 is 85.0 Å². The molecule has 10 aromatic heterocycles. The van der Waals surface area contributed by atoms with Gasteiger partial charge >= 0.3 is 0 Å². The number of nitrogens with zero attached hydrogens (tertiary/aromatic N) is 10. The van der Waals surface area contributed by atoms with Gasteiger partial charge in [-0.15, -0.1) is 0 Å². The average Bonchev–Trinajstić information content (AvgIpc) is 1.59. The zero-order chi connectivity index (χ0) is 99.9. The molecule has 10 N–H and O–H groups in total. The molecule has 7 fully saturated rings. The Bertz CT molecular complexity index is 7210. The number of benzene rings is 5. The van der Waals surface area contributed by atoms with Crippen LogP contribution in [0.2, 0.25) is 0 Å². The molecular formula is C112H125Cl5F5N15O10. The molecule has 15 aromatic rings. The largest absolute Gasteiger partial charge is 1.00 e. The lowest BCUT2D eigenvalue weighted by Gasteiger charge is -2.39. The smallest absolute Gasteiger partial charge is 0.290 e. The summed E-state index contributed by atoms with van der Waals surface area (Å²) in [4.78, 5) is 97.9. The Morgan fingerprint density at radius 1 is 0.333 bits per heavy atom. The second-order valence-electron chi connectivity index (χ2n) is 41.0. The van der Waals surface area contributed by atoms with Gasteiger partial charge in [-0.25, -0.2) is 46.9 Å². The molecule has 0 bridgehead atoms. The number of piperazine rings is 5. The lowest BCUT2D eigenvalue weighted by atomic mass is 9.96. The van der Waals surface area contributed by atoms with Crippen molar-refractivity contribution in [2.75, 3.05) is 105 Å². The van der Waals surface area contributed by atoms with Crippen LogP contribution in [0, 0.1) is 29.1 Å². The zero-order valence-electron chi connectivity index (χ0n) is 84.6. The van der Waals surface area contributed by atoms with E-state index in [0.717, 1.165) is 182 Å². The predicted octanol–water partition coefficient (Wildman–Crippen LogP) is 0.703. The molecule has 0 spiro atoms. The summed E-state index contributed by atoms with van der Waals surface area (Å²) in [6, 6.07) is 51.2. The minimum absolute atomic E-state index is 0. The third-order valence-corrected chi connectivity index (χ3v) is 28.5. The SMILES string of the molecule is CC(C)c1cc(-c2ccc(F)cc2)nc2cc(C(=O)N3CC[NH2+]CC3)oc12.CC(C)c1cc(-c2ccc(F)cc2)nc2cc(C(=O)N3CC[NH2+]C[C@H]3C)oc12.CC(C)c1cc(-c2ccc(F)cc2)nc2cc(C(=O)N3CC[NH2+][C@@H](C)C3)oc12.CC1(c2cc(-c3ccc(F)cc3)nc3cc(C(=O)N4CC[NH2+]CC4(C)C)oc23)CC1.C[C@H]1CN(C(=O)c2cc3nc(-c4ccc(F)cc4)cc(C4(C)CC4)c3o2)CC[NH2+]1.[Cl-].[Cl-].[Cl-].[Cl-].[Cl-]. The van der Waals surface area contributed by atoms with Crippen LogP contribution in [-0.4, -0.2) is 207 Å². The van der Waals surface area contributed by atoms with Crippen LogP contribution in [0.15, 0.2) is 204 Å². The maximum atomic E-state index is 13.4. The summed E-state index contributed by atoms with van der Waals surface area (Å²) in [6.45, 7) is 40.3. The van der Waals surface area contributed by atoms with E-state index < -0.39 is 0 Å². The number of amides is 5. The van der Waals surface area contributed by atoms with Gasteiger partial charge in [0.1, 0.15) is 68.8 Å². The molecule has 5 amide bonds. The number of hydrogen-bond donors (Lipinski definition) is 5. The average molecular weight is 2110 g/mol. The summed E-state index contributed by atoms with van der Waals surface area (Å²) in [6.07, 6.45) is 4.32. The van der Waals surface area contributed by atoms with Crippen LogP contribution in [0.3, 0.4) is 0 Å². The van der Waals surface area contributed by atoms with Gasteiger partial charge in [-0.1, -0.05) is 55.4 Å². The number of quaternary nitrogens is 5. The van der Waals surface area contributed by atoms with Crippen molar-refractivity contribution < 1.29 is 157 Å². The monoisotopic (exact) mass is 2110 g/mol. The first-order valence-corrected chi connectivity index (χ1v) is 49.7. The van der Waals surface area contributed by atoms with Gasteiger partial charge in [0.15, 0.2) is 56.7 Å². The molecular weight excluding hydrogens is 1990 g/mol. The van der Waals surface area contributed by atoms with E-state index in [9.17, 15) is 45.9 Å². The van der Waals surface area contributed by atoms with Crippen molar-refractivity contribution in [3.63, 3.8) is 0 Å². The number of pyridine rings is 5. The highest BCUT2D eigenvalue weighted by atomic mass is 35.5. The molecule has 0 radical (unpaired) electrons. The molecule has 35 heteroatoms. The van der Waals surface area contributed by atoms with Crippen LogP contribution in [-0.2, 0) is 10.8 Å². The van der Waals surface area contributed by atoms with E-state index in [2.05, 4.69) is 127 Å². The molecule has 0 unspecified atom stereocenters. The van der Waals surface area contributed by atoms with Crippen molar-refractivity contribution in [2.24, 2.45) is 0 Å². The van der Waals surface area contributed by atoms with Gasteiger partial charge in [0.05, 0.1) is 145 Å². The van der Waals surface area contributed by atoms with Crippen molar-refractivity contribution in [1.82, 2.24) is 49.4 Å². The molecule has 5 aromatic carbocycles. The number of rotatable bonds is 15. The number of furan rings is 5. The van der Waals surface area contributed by atoms with Gasteiger partial charge in [0, 0.05) is 86.0 Å². The Kier molecular flexibility index (Phi) is 35.9. The fraction of sp³-hybridized carbons (Fsp3) is 0.375. The van der Waals surface area contributed by atoms with E-state index in [1.54, 1.807) is 91.0 Å². The number of carbonyl (C=O) groups excluding carboxylic acids is 5. The molecule has 7 aliphatic rings. The highest BCUT2D eigenvalue weighted by Crippen LogP contribution is 2.53. The van der Waals surface area contributed by atoms with E-state index in [4.69, 9.17) is 37.0 Å². The Balaban J connectivity index is 0.000000152.